The molecule has 2 rings (SSSR count). The zero-order chi connectivity index (χ0) is 13.0. The summed E-state index contributed by atoms with van der Waals surface area (Å²) in [6, 6.07) is 3.31. The first-order chi connectivity index (χ1) is 8.69. The summed E-state index contributed by atoms with van der Waals surface area (Å²) in [5.41, 5.74) is 0.806. The van der Waals surface area contributed by atoms with Gasteiger partial charge in [-0.1, -0.05) is 5.21 Å². The molecule has 0 saturated heterocycles. The summed E-state index contributed by atoms with van der Waals surface area (Å²) in [6.45, 7) is 0.606. The Hall–Kier alpha value is -2.02. The molecule has 0 aliphatic heterocycles. The molecule has 2 aromatic rings. The van der Waals surface area contributed by atoms with Crippen molar-refractivity contribution < 1.29 is 13.9 Å². The Kier molecular flexibility index (Phi) is 3.83. The van der Waals surface area contributed by atoms with E-state index in [1.807, 2.05) is 0 Å². The molecule has 7 heteroatoms. The van der Waals surface area contributed by atoms with E-state index in [4.69, 9.17) is 5.11 Å². The lowest BCUT2D eigenvalue weighted by Crippen LogP contribution is -2.03. The number of benzene rings is 1. The first kappa shape index (κ1) is 12.4. The van der Waals surface area contributed by atoms with Gasteiger partial charge in [-0.05, 0) is 12.1 Å². The Bertz CT molecular complexity index is 530. The number of nitrogens with one attached hydrogen (secondary N) is 1. The molecular weight excluding hydrogens is 242 g/mol. The maximum atomic E-state index is 13.3. The zero-order valence-electron chi connectivity index (χ0n) is 9.48. The Morgan fingerprint density at radius 3 is 2.89 bits per heavy atom. The van der Waals surface area contributed by atoms with Crippen LogP contribution in [0.1, 0.15) is 5.69 Å². The Labute approximate surface area is 102 Å². The molecule has 18 heavy (non-hydrogen) atoms. The van der Waals surface area contributed by atoms with Gasteiger partial charge in [0, 0.05) is 6.07 Å². The van der Waals surface area contributed by atoms with Crippen LogP contribution in [0.25, 0.3) is 0 Å². The molecule has 1 aromatic heterocycles. The van der Waals surface area contributed by atoms with E-state index < -0.39 is 11.6 Å². The molecule has 0 fully saturated rings. The summed E-state index contributed by atoms with van der Waals surface area (Å²) in [5, 5.41) is 19.1. The van der Waals surface area contributed by atoms with Gasteiger partial charge < -0.3 is 10.4 Å². The van der Waals surface area contributed by atoms with E-state index in [2.05, 4.69) is 15.6 Å². The van der Waals surface area contributed by atoms with Crippen molar-refractivity contribution in [2.24, 2.45) is 0 Å². The van der Waals surface area contributed by atoms with Gasteiger partial charge in [0.15, 0.2) is 0 Å². The lowest BCUT2D eigenvalue weighted by atomic mass is 10.3. The lowest BCUT2D eigenvalue weighted by Gasteiger charge is -2.05. The highest BCUT2D eigenvalue weighted by Gasteiger charge is 2.05. The predicted octanol–water partition coefficient (Wildman–Crippen LogP) is 1.16. The molecule has 0 atom stereocenters. The molecule has 0 saturated carbocycles. The lowest BCUT2D eigenvalue weighted by molar-refractivity contribution is 0.268. The molecule has 0 bridgehead atoms. The fourth-order valence-electron chi connectivity index (χ4n) is 1.45. The van der Waals surface area contributed by atoms with Crippen molar-refractivity contribution in [3.63, 3.8) is 0 Å². The number of hydrogen-bond donors (Lipinski definition) is 2. The van der Waals surface area contributed by atoms with Crippen molar-refractivity contribution in [2.45, 2.75) is 13.1 Å². The minimum atomic E-state index is -0.655. The maximum Gasteiger partial charge on any atom is 0.149 e. The van der Waals surface area contributed by atoms with E-state index in [9.17, 15) is 8.78 Å². The van der Waals surface area contributed by atoms with Gasteiger partial charge in [-0.2, -0.15) is 0 Å². The van der Waals surface area contributed by atoms with Gasteiger partial charge in [-0.15, -0.1) is 5.10 Å². The number of aliphatic hydroxyl groups is 1. The third-order valence-electron chi connectivity index (χ3n) is 2.31. The largest absolute Gasteiger partial charge is 0.394 e. The fourth-order valence-corrected chi connectivity index (χ4v) is 1.45. The SMILES string of the molecule is OCCn1cc(CNc2ccc(F)cc2F)nn1. The van der Waals surface area contributed by atoms with Crippen LogP contribution in [-0.4, -0.2) is 26.7 Å². The average Bonchev–Trinajstić information content (AvgIpc) is 2.76. The third kappa shape index (κ3) is 3.01. The highest BCUT2D eigenvalue weighted by atomic mass is 19.1. The molecule has 0 aliphatic carbocycles. The van der Waals surface area contributed by atoms with E-state index >= 15 is 0 Å². The topological polar surface area (TPSA) is 63.0 Å². The van der Waals surface area contributed by atoms with Crippen molar-refractivity contribution in [3.8, 4) is 0 Å². The molecule has 0 aliphatic rings. The quantitative estimate of drug-likeness (QED) is 0.840. The number of hydrogen-bond acceptors (Lipinski definition) is 4. The summed E-state index contributed by atoms with van der Waals surface area (Å²) < 4.78 is 27.5. The molecule has 1 heterocycles. The Morgan fingerprint density at radius 2 is 2.17 bits per heavy atom. The van der Waals surface area contributed by atoms with Crippen LogP contribution in [0.5, 0.6) is 0 Å². The monoisotopic (exact) mass is 254 g/mol. The van der Waals surface area contributed by atoms with E-state index in [0.29, 0.717) is 12.2 Å². The van der Waals surface area contributed by atoms with Gasteiger partial charge in [-0.25, -0.2) is 13.5 Å². The molecule has 0 radical (unpaired) electrons. The number of aliphatic hydroxyl groups excluding tert-OH is 1. The van der Waals surface area contributed by atoms with Crippen LogP contribution >= 0.6 is 0 Å². The van der Waals surface area contributed by atoms with E-state index in [0.717, 1.165) is 6.07 Å². The summed E-state index contributed by atoms with van der Waals surface area (Å²) in [7, 11) is 0. The van der Waals surface area contributed by atoms with Crippen molar-refractivity contribution in [1.82, 2.24) is 15.0 Å². The van der Waals surface area contributed by atoms with Gasteiger partial charge >= 0.3 is 0 Å². The minimum Gasteiger partial charge on any atom is -0.394 e. The summed E-state index contributed by atoms with van der Waals surface area (Å²) in [4.78, 5) is 0. The molecule has 96 valence electrons. The van der Waals surface area contributed by atoms with Crippen LogP contribution in [0.3, 0.4) is 0 Å². The number of aromatic nitrogens is 3. The smallest absolute Gasteiger partial charge is 0.149 e. The standard InChI is InChI=1S/C11H12F2N4O/c12-8-1-2-11(10(13)5-8)14-6-9-7-17(3-4-18)16-15-9/h1-2,5,7,14,18H,3-4,6H2. The number of halogens is 2. The Balaban J connectivity index is 1.97. The molecule has 5 nitrogen and oxygen atoms in total. The summed E-state index contributed by atoms with van der Waals surface area (Å²) >= 11 is 0. The van der Waals surface area contributed by atoms with Crippen LogP contribution in [-0.2, 0) is 13.1 Å². The molecular formula is C11H12F2N4O. The van der Waals surface area contributed by atoms with Crippen molar-refractivity contribution in [2.75, 3.05) is 11.9 Å². The van der Waals surface area contributed by atoms with Crippen LogP contribution < -0.4 is 5.32 Å². The second-order valence-corrected chi connectivity index (χ2v) is 3.67. The van der Waals surface area contributed by atoms with Crippen LogP contribution in [0.4, 0.5) is 14.5 Å². The van der Waals surface area contributed by atoms with Gasteiger partial charge in [0.1, 0.15) is 17.3 Å². The first-order valence-corrected chi connectivity index (χ1v) is 5.38. The molecule has 0 unspecified atom stereocenters. The number of nitrogens with zero attached hydrogens (tertiary/aromatic N) is 3. The molecule has 0 spiro atoms. The van der Waals surface area contributed by atoms with Gasteiger partial charge in [0.05, 0.1) is 31.6 Å². The molecule has 2 N–H and O–H groups in total. The van der Waals surface area contributed by atoms with Crippen molar-refractivity contribution >= 4 is 5.69 Å². The van der Waals surface area contributed by atoms with Crippen LogP contribution in [0, 0.1) is 11.6 Å². The number of rotatable bonds is 5. The molecule has 0 amide bonds. The van der Waals surface area contributed by atoms with Crippen molar-refractivity contribution in [1.29, 1.82) is 0 Å². The van der Waals surface area contributed by atoms with E-state index in [-0.39, 0.29) is 18.8 Å². The predicted molar refractivity (Wildman–Crippen MR) is 60.8 cm³/mol. The molecule has 1 aromatic carbocycles. The van der Waals surface area contributed by atoms with E-state index in [1.54, 1.807) is 6.20 Å². The van der Waals surface area contributed by atoms with Crippen LogP contribution in [0.2, 0.25) is 0 Å². The van der Waals surface area contributed by atoms with Crippen LogP contribution in [0.15, 0.2) is 24.4 Å². The van der Waals surface area contributed by atoms with Gasteiger partial charge in [0.25, 0.3) is 0 Å². The summed E-state index contributed by atoms with van der Waals surface area (Å²) in [5.74, 6) is -1.27. The fraction of sp³-hybridized carbons (Fsp3) is 0.273. The normalized spacial score (nSPS) is 10.6. The highest BCUT2D eigenvalue weighted by Crippen LogP contribution is 2.15. The maximum absolute atomic E-state index is 13.3. The second-order valence-electron chi connectivity index (χ2n) is 3.67. The van der Waals surface area contributed by atoms with Gasteiger partial charge in [0.2, 0.25) is 0 Å². The second kappa shape index (κ2) is 5.54. The minimum absolute atomic E-state index is 0.0250. The van der Waals surface area contributed by atoms with Gasteiger partial charge in [-0.3, -0.25) is 0 Å². The van der Waals surface area contributed by atoms with E-state index in [1.165, 1.54) is 16.8 Å². The highest BCUT2D eigenvalue weighted by molar-refractivity contribution is 5.44. The third-order valence-corrected chi connectivity index (χ3v) is 2.31. The first-order valence-electron chi connectivity index (χ1n) is 5.38. The van der Waals surface area contributed by atoms with Crippen molar-refractivity contribution in [3.05, 3.63) is 41.7 Å². The number of anilines is 1. The average molecular weight is 254 g/mol. The zero-order valence-corrected chi connectivity index (χ0v) is 9.48. The summed E-state index contributed by atoms with van der Waals surface area (Å²) in [6.07, 6.45) is 1.64. The Morgan fingerprint density at radius 1 is 1.33 bits per heavy atom.